The van der Waals surface area contributed by atoms with Crippen molar-refractivity contribution in [1.82, 2.24) is 9.21 Å². The Labute approximate surface area is 255 Å². The minimum absolute atomic E-state index is 0.0578. The Balaban J connectivity index is 1.21. The maximum absolute atomic E-state index is 13.5. The molecule has 4 aromatic carbocycles. The molecule has 224 valence electrons. The number of hydrogen-bond acceptors (Lipinski definition) is 5. The van der Waals surface area contributed by atoms with Crippen molar-refractivity contribution in [2.24, 2.45) is 5.92 Å². The predicted molar refractivity (Wildman–Crippen MR) is 171 cm³/mol. The van der Waals surface area contributed by atoms with Gasteiger partial charge in [-0.1, -0.05) is 80.6 Å². The highest BCUT2D eigenvalue weighted by Gasteiger charge is 2.32. The van der Waals surface area contributed by atoms with E-state index in [1.165, 1.54) is 11.1 Å². The molecule has 0 aromatic heterocycles. The van der Waals surface area contributed by atoms with Gasteiger partial charge in [0.15, 0.2) is 0 Å². The molecule has 1 saturated heterocycles. The molecule has 0 saturated carbocycles. The number of sulfonamides is 1. The molecule has 0 spiro atoms. The van der Waals surface area contributed by atoms with Crippen LogP contribution in [-0.4, -0.2) is 56.3 Å². The van der Waals surface area contributed by atoms with Crippen LogP contribution in [0.4, 0.5) is 5.69 Å². The van der Waals surface area contributed by atoms with Crippen LogP contribution in [0.5, 0.6) is 5.75 Å². The zero-order valence-electron chi connectivity index (χ0n) is 24.7. The second-order valence-corrected chi connectivity index (χ2v) is 13.1. The van der Waals surface area contributed by atoms with Gasteiger partial charge in [-0.3, -0.25) is 9.69 Å². The highest BCUT2D eigenvalue weighted by Crippen LogP contribution is 2.30. The number of piperazine rings is 1. The molecule has 43 heavy (non-hydrogen) atoms. The van der Waals surface area contributed by atoms with Crippen LogP contribution in [0.25, 0.3) is 0 Å². The molecule has 1 aliphatic heterocycles. The van der Waals surface area contributed by atoms with E-state index in [1.54, 1.807) is 46.8 Å². The highest BCUT2D eigenvalue weighted by molar-refractivity contribution is 7.89. The fourth-order valence-electron chi connectivity index (χ4n) is 5.29. The zero-order valence-corrected chi connectivity index (χ0v) is 25.5. The summed E-state index contributed by atoms with van der Waals surface area (Å²) in [5, 5.41) is 2.86. The number of carbonyl (C=O) groups is 1. The number of benzene rings is 4. The van der Waals surface area contributed by atoms with Gasteiger partial charge in [0, 0.05) is 37.4 Å². The molecule has 5 rings (SSSR count). The van der Waals surface area contributed by atoms with Crippen LogP contribution < -0.4 is 10.1 Å². The first-order valence-corrected chi connectivity index (χ1v) is 16.2. The molecular formula is C35H39N3O4S. The average Bonchev–Trinajstić information content (AvgIpc) is 3.03. The van der Waals surface area contributed by atoms with E-state index in [-0.39, 0.29) is 16.8 Å². The van der Waals surface area contributed by atoms with Gasteiger partial charge in [-0.05, 0) is 65.9 Å². The first-order chi connectivity index (χ1) is 20.8. The minimum Gasteiger partial charge on any atom is -0.494 e. The maximum Gasteiger partial charge on any atom is 0.255 e. The smallest absolute Gasteiger partial charge is 0.255 e. The Morgan fingerprint density at radius 2 is 1.40 bits per heavy atom. The van der Waals surface area contributed by atoms with Crippen molar-refractivity contribution in [1.29, 1.82) is 0 Å². The first kappa shape index (κ1) is 30.5. The van der Waals surface area contributed by atoms with Crippen LogP contribution in [0.2, 0.25) is 0 Å². The molecule has 0 aliphatic carbocycles. The van der Waals surface area contributed by atoms with Crippen molar-refractivity contribution in [3.05, 3.63) is 126 Å². The molecule has 4 aromatic rings. The summed E-state index contributed by atoms with van der Waals surface area (Å²) in [6.45, 7) is 6.88. The van der Waals surface area contributed by atoms with Gasteiger partial charge in [-0.2, -0.15) is 4.31 Å². The molecule has 0 radical (unpaired) electrons. The lowest BCUT2D eigenvalue weighted by atomic mass is 9.96. The first-order valence-electron chi connectivity index (χ1n) is 14.8. The molecule has 1 aliphatic rings. The van der Waals surface area contributed by atoms with E-state index in [2.05, 4.69) is 48.3 Å². The summed E-state index contributed by atoms with van der Waals surface area (Å²) in [6.07, 6.45) is 0.934. The number of amides is 1. The quantitative estimate of drug-likeness (QED) is 0.215. The Morgan fingerprint density at radius 1 is 0.791 bits per heavy atom. The SMILES string of the molecule is CC(C)CCOc1cccc(C(=O)Nc2ccc(S(=O)(=O)N3CCN(C(c4ccccc4)c4ccccc4)CC3)cc2)c1. The maximum atomic E-state index is 13.5. The third-order valence-corrected chi connectivity index (χ3v) is 9.59. The number of carbonyl (C=O) groups excluding carboxylic acids is 1. The second kappa shape index (κ2) is 14.0. The number of hydrogen-bond donors (Lipinski definition) is 1. The van der Waals surface area contributed by atoms with Gasteiger partial charge in [-0.25, -0.2) is 8.42 Å². The lowest BCUT2D eigenvalue weighted by molar-refractivity contribution is 0.102. The Bertz CT molecular complexity index is 1550. The zero-order chi connectivity index (χ0) is 30.2. The topological polar surface area (TPSA) is 78.9 Å². The van der Waals surface area contributed by atoms with Crippen molar-refractivity contribution in [2.75, 3.05) is 38.1 Å². The number of nitrogens with one attached hydrogen (secondary N) is 1. The molecule has 1 N–H and O–H groups in total. The van der Waals surface area contributed by atoms with E-state index in [1.807, 2.05) is 42.5 Å². The molecule has 1 amide bonds. The van der Waals surface area contributed by atoms with Crippen molar-refractivity contribution >= 4 is 21.6 Å². The van der Waals surface area contributed by atoms with Crippen molar-refractivity contribution < 1.29 is 17.9 Å². The largest absolute Gasteiger partial charge is 0.494 e. The molecule has 0 atom stereocenters. The van der Waals surface area contributed by atoms with Gasteiger partial charge in [0.25, 0.3) is 5.91 Å². The highest BCUT2D eigenvalue weighted by atomic mass is 32.2. The number of rotatable bonds is 11. The lowest BCUT2D eigenvalue weighted by Crippen LogP contribution is -2.49. The van der Waals surface area contributed by atoms with Crippen LogP contribution in [0, 0.1) is 5.92 Å². The third-order valence-electron chi connectivity index (χ3n) is 7.68. The number of ether oxygens (including phenoxy) is 1. The van der Waals surface area contributed by atoms with Crippen LogP contribution in [0.1, 0.15) is 47.8 Å². The predicted octanol–water partition coefficient (Wildman–Crippen LogP) is 6.46. The van der Waals surface area contributed by atoms with Crippen LogP contribution in [-0.2, 0) is 10.0 Å². The fraction of sp³-hybridized carbons (Fsp3) is 0.286. The van der Waals surface area contributed by atoms with Crippen LogP contribution in [0.15, 0.2) is 114 Å². The lowest BCUT2D eigenvalue weighted by Gasteiger charge is -2.39. The second-order valence-electron chi connectivity index (χ2n) is 11.2. The average molecular weight is 598 g/mol. The normalized spacial score (nSPS) is 14.6. The summed E-state index contributed by atoms with van der Waals surface area (Å²) in [5.41, 5.74) is 3.37. The van der Waals surface area contributed by atoms with E-state index < -0.39 is 10.0 Å². The molecule has 1 heterocycles. The third kappa shape index (κ3) is 7.70. The molecular weight excluding hydrogens is 558 g/mol. The minimum atomic E-state index is -3.68. The van der Waals surface area contributed by atoms with Crippen molar-refractivity contribution in [3.8, 4) is 5.75 Å². The molecule has 7 nitrogen and oxygen atoms in total. The van der Waals surface area contributed by atoms with E-state index in [9.17, 15) is 13.2 Å². The van der Waals surface area contributed by atoms with E-state index >= 15 is 0 Å². The molecule has 1 fully saturated rings. The van der Waals surface area contributed by atoms with E-state index in [0.29, 0.717) is 55.7 Å². The van der Waals surface area contributed by atoms with Crippen molar-refractivity contribution in [3.63, 3.8) is 0 Å². The van der Waals surface area contributed by atoms with Gasteiger partial charge in [-0.15, -0.1) is 0 Å². The standard InChI is InChI=1S/C35H39N3O4S/c1-27(2)20-25-42-32-15-9-14-30(26-32)35(39)36-31-16-18-33(19-17-31)43(40,41)38-23-21-37(22-24-38)34(28-10-5-3-6-11-28)29-12-7-4-8-13-29/h3-19,26-27,34H,20-25H2,1-2H3,(H,36,39). The number of anilines is 1. The summed E-state index contributed by atoms with van der Waals surface area (Å²) in [4.78, 5) is 15.4. The van der Waals surface area contributed by atoms with Gasteiger partial charge in [0.1, 0.15) is 5.75 Å². The Kier molecular flexibility index (Phi) is 9.92. The monoisotopic (exact) mass is 597 g/mol. The molecule has 8 heteroatoms. The summed E-state index contributed by atoms with van der Waals surface area (Å²) in [5.74, 6) is 0.899. The summed E-state index contributed by atoms with van der Waals surface area (Å²) in [7, 11) is -3.68. The Hall–Kier alpha value is -3.98. The Morgan fingerprint density at radius 3 is 1.98 bits per heavy atom. The van der Waals surface area contributed by atoms with E-state index in [0.717, 1.165) is 6.42 Å². The summed E-state index contributed by atoms with van der Waals surface area (Å²) >= 11 is 0. The van der Waals surface area contributed by atoms with Crippen molar-refractivity contribution in [2.45, 2.75) is 31.2 Å². The molecule has 0 unspecified atom stereocenters. The fourth-order valence-corrected chi connectivity index (χ4v) is 6.71. The summed E-state index contributed by atoms with van der Waals surface area (Å²) < 4.78 is 34.4. The van der Waals surface area contributed by atoms with Gasteiger partial charge < -0.3 is 10.1 Å². The van der Waals surface area contributed by atoms with E-state index in [4.69, 9.17) is 4.74 Å². The van der Waals surface area contributed by atoms with Gasteiger partial charge >= 0.3 is 0 Å². The van der Waals surface area contributed by atoms with Crippen LogP contribution >= 0.6 is 0 Å². The summed E-state index contributed by atoms with van der Waals surface area (Å²) in [6, 6.07) is 34.2. The number of nitrogens with zero attached hydrogens (tertiary/aromatic N) is 2. The molecule has 0 bridgehead atoms. The van der Waals surface area contributed by atoms with Gasteiger partial charge in [0.2, 0.25) is 10.0 Å². The van der Waals surface area contributed by atoms with Crippen LogP contribution in [0.3, 0.4) is 0 Å². The van der Waals surface area contributed by atoms with Gasteiger partial charge in [0.05, 0.1) is 17.5 Å².